The highest BCUT2D eigenvalue weighted by molar-refractivity contribution is 5.62. The van der Waals surface area contributed by atoms with Crippen molar-refractivity contribution in [3.05, 3.63) is 48.7 Å². The molecule has 0 fully saturated rings. The van der Waals surface area contributed by atoms with E-state index in [0.29, 0.717) is 17.3 Å². The van der Waals surface area contributed by atoms with Crippen LogP contribution < -0.4 is 9.47 Å². The molecule has 0 bridgehead atoms. The molecule has 0 radical (unpaired) electrons. The predicted molar refractivity (Wildman–Crippen MR) is 91.2 cm³/mol. The molecule has 4 rings (SSSR count). The number of fused-ring (bicyclic) bond motifs is 1. The van der Waals surface area contributed by atoms with Crippen molar-refractivity contribution in [2.75, 3.05) is 7.11 Å². The van der Waals surface area contributed by atoms with Crippen molar-refractivity contribution < 1.29 is 22.6 Å². The maximum absolute atomic E-state index is 13.0. The third-order valence-corrected chi connectivity index (χ3v) is 3.78. The van der Waals surface area contributed by atoms with Gasteiger partial charge in [-0.2, -0.15) is 13.2 Å². The Bertz CT molecular complexity index is 1100. The second-order valence-electron chi connectivity index (χ2n) is 5.73. The van der Waals surface area contributed by atoms with Crippen LogP contribution in [0.3, 0.4) is 0 Å². The van der Waals surface area contributed by atoms with Gasteiger partial charge in [-0.1, -0.05) is 0 Å². The maximum Gasteiger partial charge on any atom is 0.394 e. The summed E-state index contributed by atoms with van der Waals surface area (Å²) in [7, 11) is 1.49. The van der Waals surface area contributed by atoms with Gasteiger partial charge >= 0.3 is 6.18 Å². The summed E-state index contributed by atoms with van der Waals surface area (Å²) >= 11 is 0. The van der Waals surface area contributed by atoms with Crippen LogP contribution in [0.2, 0.25) is 0 Å². The van der Waals surface area contributed by atoms with Crippen LogP contribution >= 0.6 is 0 Å². The van der Waals surface area contributed by atoms with Gasteiger partial charge in [0.15, 0.2) is 0 Å². The SMILES string of the molecule is COc1ccc(Oc2ncc(-c3c(CC(F)(F)F)nc4ncccn34)[nH]2)cn1. The third kappa shape index (κ3) is 3.59. The summed E-state index contributed by atoms with van der Waals surface area (Å²) in [6, 6.07) is 4.93. The van der Waals surface area contributed by atoms with E-state index in [1.165, 1.54) is 30.1 Å². The van der Waals surface area contributed by atoms with Crippen molar-refractivity contribution in [3.8, 4) is 29.0 Å². The molecule has 1 N–H and O–H groups in total. The lowest BCUT2D eigenvalue weighted by Crippen LogP contribution is -2.12. The summed E-state index contributed by atoms with van der Waals surface area (Å²) in [5, 5.41) is 0. The van der Waals surface area contributed by atoms with Gasteiger partial charge in [0, 0.05) is 18.5 Å². The highest BCUT2D eigenvalue weighted by atomic mass is 19.4. The van der Waals surface area contributed by atoms with Gasteiger partial charge in [0.05, 0.1) is 43.0 Å². The Morgan fingerprint density at radius 2 is 2.00 bits per heavy atom. The molecule has 0 saturated carbocycles. The van der Waals surface area contributed by atoms with E-state index in [-0.39, 0.29) is 23.2 Å². The minimum atomic E-state index is -4.42. The molecule has 0 aromatic carbocycles. The van der Waals surface area contributed by atoms with Gasteiger partial charge in [-0.05, 0) is 12.1 Å². The number of nitrogens with one attached hydrogen (secondary N) is 1. The zero-order valence-corrected chi connectivity index (χ0v) is 14.4. The Hall–Kier alpha value is -3.63. The van der Waals surface area contributed by atoms with Crippen LogP contribution in [0.15, 0.2) is 43.0 Å². The van der Waals surface area contributed by atoms with E-state index in [4.69, 9.17) is 9.47 Å². The summed E-state index contributed by atoms with van der Waals surface area (Å²) in [6.45, 7) is 0. The van der Waals surface area contributed by atoms with Crippen LogP contribution in [0.4, 0.5) is 13.2 Å². The molecule has 0 saturated heterocycles. The first-order valence-electron chi connectivity index (χ1n) is 8.05. The lowest BCUT2D eigenvalue weighted by atomic mass is 10.2. The molecule has 144 valence electrons. The topological polar surface area (TPSA) is 90.2 Å². The zero-order valence-electron chi connectivity index (χ0n) is 14.4. The van der Waals surface area contributed by atoms with E-state index in [2.05, 4.69) is 24.9 Å². The Balaban J connectivity index is 1.69. The average Bonchev–Trinajstić information content (AvgIpc) is 3.24. The van der Waals surface area contributed by atoms with Crippen LogP contribution in [0.1, 0.15) is 5.69 Å². The van der Waals surface area contributed by atoms with E-state index in [0.717, 1.165) is 0 Å². The summed E-state index contributed by atoms with van der Waals surface area (Å²) < 4.78 is 50.9. The number of imidazole rings is 2. The van der Waals surface area contributed by atoms with Crippen LogP contribution in [0, 0.1) is 0 Å². The first-order chi connectivity index (χ1) is 13.4. The minimum absolute atomic E-state index is 0.0961. The maximum atomic E-state index is 13.0. The third-order valence-electron chi connectivity index (χ3n) is 3.78. The number of pyridine rings is 1. The minimum Gasteiger partial charge on any atom is -0.481 e. The summed E-state index contributed by atoms with van der Waals surface area (Å²) in [5.74, 6) is 0.965. The number of hydrogen-bond donors (Lipinski definition) is 1. The average molecular weight is 390 g/mol. The van der Waals surface area contributed by atoms with Crippen molar-refractivity contribution in [3.63, 3.8) is 0 Å². The first-order valence-corrected chi connectivity index (χ1v) is 8.05. The lowest BCUT2D eigenvalue weighted by Gasteiger charge is -2.06. The van der Waals surface area contributed by atoms with Crippen LogP contribution in [-0.4, -0.2) is 42.6 Å². The highest BCUT2D eigenvalue weighted by Gasteiger charge is 2.32. The lowest BCUT2D eigenvalue weighted by molar-refractivity contribution is -0.127. The predicted octanol–water partition coefficient (Wildman–Crippen LogP) is 3.42. The van der Waals surface area contributed by atoms with Crippen LogP contribution in [0.5, 0.6) is 17.6 Å². The summed E-state index contributed by atoms with van der Waals surface area (Å²) in [6.07, 6.45) is 0.252. The number of alkyl halides is 3. The van der Waals surface area contributed by atoms with Gasteiger partial charge in [0.2, 0.25) is 11.7 Å². The molecule has 28 heavy (non-hydrogen) atoms. The molecule has 11 heteroatoms. The summed E-state index contributed by atoms with van der Waals surface area (Å²) in [4.78, 5) is 19.0. The normalized spacial score (nSPS) is 11.7. The van der Waals surface area contributed by atoms with Crippen LogP contribution in [-0.2, 0) is 6.42 Å². The fourth-order valence-electron chi connectivity index (χ4n) is 2.67. The molecule has 0 unspecified atom stereocenters. The number of nitrogens with zero attached hydrogens (tertiary/aromatic N) is 5. The van der Waals surface area contributed by atoms with Gasteiger partial charge in [-0.25, -0.2) is 19.9 Å². The standard InChI is InChI=1S/C17H13F3N6O2/c1-27-13-4-3-10(8-22-13)28-16-23-9-12(25-16)14-11(7-17(18,19)20)24-15-21-5-2-6-26(14)15/h2-6,8-9H,7H2,1H3,(H,23,25). The number of halogens is 3. The number of methoxy groups -OCH3 is 1. The van der Waals surface area contributed by atoms with Crippen LogP contribution in [0.25, 0.3) is 17.2 Å². The van der Waals surface area contributed by atoms with Gasteiger partial charge in [0.1, 0.15) is 5.75 Å². The van der Waals surface area contributed by atoms with E-state index < -0.39 is 12.6 Å². The van der Waals surface area contributed by atoms with E-state index in [9.17, 15) is 13.2 Å². The molecular weight excluding hydrogens is 377 g/mol. The molecule has 0 atom stereocenters. The fraction of sp³-hybridized carbons (Fsp3) is 0.176. The number of hydrogen-bond acceptors (Lipinski definition) is 6. The molecule has 0 aliphatic rings. The second kappa shape index (κ2) is 6.83. The quantitative estimate of drug-likeness (QED) is 0.562. The van der Waals surface area contributed by atoms with E-state index >= 15 is 0 Å². The Morgan fingerprint density at radius 1 is 1.14 bits per heavy atom. The van der Waals surface area contributed by atoms with Gasteiger partial charge in [-0.3, -0.25) is 4.40 Å². The molecule has 4 heterocycles. The van der Waals surface area contributed by atoms with Crippen molar-refractivity contribution in [1.82, 2.24) is 29.3 Å². The van der Waals surface area contributed by atoms with Gasteiger partial charge < -0.3 is 14.5 Å². The Kier molecular flexibility index (Phi) is 4.34. The van der Waals surface area contributed by atoms with Gasteiger partial charge in [0.25, 0.3) is 6.01 Å². The number of rotatable bonds is 5. The number of H-pyrrole nitrogens is 1. The smallest absolute Gasteiger partial charge is 0.394 e. The Labute approximate surface area is 156 Å². The molecule has 0 aliphatic carbocycles. The van der Waals surface area contributed by atoms with Crippen molar-refractivity contribution in [2.24, 2.45) is 0 Å². The highest BCUT2D eigenvalue weighted by Crippen LogP contribution is 2.30. The number of aromatic nitrogens is 6. The molecule has 4 aromatic rings. The molecule has 8 nitrogen and oxygen atoms in total. The largest absolute Gasteiger partial charge is 0.481 e. The van der Waals surface area contributed by atoms with Gasteiger partial charge in [-0.15, -0.1) is 0 Å². The van der Waals surface area contributed by atoms with Crippen molar-refractivity contribution in [2.45, 2.75) is 12.6 Å². The first kappa shape index (κ1) is 17.8. The zero-order chi connectivity index (χ0) is 19.7. The molecular formula is C17H13F3N6O2. The second-order valence-corrected chi connectivity index (χ2v) is 5.73. The van der Waals surface area contributed by atoms with E-state index in [1.54, 1.807) is 24.4 Å². The molecule has 0 aliphatic heterocycles. The fourth-order valence-corrected chi connectivity index (χ4v) is 2.67. The number of ether oxygens (including phenoxy) is 2. The van der Waals surface area contributed by atoms with Crippen molar-refractivity contribution in [1.29, 1.82) is 0 Å². The molecule has 0 spiro atoms. The molecule has 4 aromatic heterocycles. The monoisotopic (exact) mass is 390 g/mol. The number of aromatic amines is 1. The molecule has 0 amide bonds. The van der Waals surface area contributed by atoms with Crippen molar-refractivity contribution >= 4 is 5.78 Å². The summed E-state index contributed by atoms with van der Waals surface area (Å²) in [5.41, 5.74) is 0.374. The van der Waals surface area contributed by atoms with E-state index in [1.807, 2.05) is 0 Å². The Morgan fingerprint density at radius 3 is 2.71 bits per heavy atom.